The van der Waals surface area contributed by atoms with Gasteiger partial charge in [-0.1, -0.05) is 6.92 Å². The summed E-state index contributed by atoms with van der Waals surface area (Å²) in [6, 6.07) is 0.332. The Kier molecular flexibility index (Phi) is 4.33. The number of hydrazine groups is 1. The van der Waals surface area contributed by atoms with E-state index in [4.69, 9.17) is 10.6 Å². The number of nitrogens with two attached hydrogens (primary N) is 1. The molecule has 18 heavy (non-hydrogen) atoms. The molecular formula is C12H21N5O. The molecular weight excluding hydrogens is 230 g/mol. The molecule has 0 radical (unpaired) electrons. The molecule has 6 nitrogen and oxygen atoms in total. The van der Waals surface area contributed by atoms with Crippen LogP contribution in [0.5, 0.6) is 0 Å². The molecule has 0 aliphatic carbocycles. The molecule has 0 bridgehead atoms. The van der Waals surface area contributed by atoms with Crippen LogP contribution >= 0.6 is 0 Å². The number of ether oxygens (including phenoxy) is 1. The lowest BCUT2D eigenvalue weighted by Gasteiger charge is -2.21. The second-order valence-corrected chi connectivity index (χ2v) is 4.60. The number of nitrogens with zero attached hydrogens (tertiary/aromatic N) is 2. The number of anilines is 2. The molecule has 1 aliphatic heterocycles. The Bertz CT molecular complexity index is 392. The fraction of sp³-hybridized carbons (Fsp3) is 0.667. The number of hydrogen-bond donors (Lipinski definition) is 3. The lowest BCUT2D eigenvalue weighted by molar-refractivity contribution is 0.183. The molecule has 2 rings (SSSR count). The van der Waals surface area contributed by atoms with E-state index in [1.54, 1.807) is 0 Å². The molecule has 4 N–H and O–H groups in total. The van der Waals surface area contributed by atoms with Gasteiger partial charge in [0.15, 0.2) is 0 Å². The Hall–Kier alpha value is -1.40. The first-order chi connectivity index (χ1) is 8.76. The van der Waals surface area contributed by atoms with Crippen LogP contribution in [0.3, 0.4) is 0 Å². The van der Waals surface area contributed by atoms with Gasteiger partial charge >= 0.3 is 0 Å². The van der Waals surface area contributed by atoms with Crippen LogP contribution in [0.4, 0.5) is 11.6 Å². The normalized spacial score (nSPS) is 20.7. The third kappa shape index (κ3) is 2.70. The van der Waals surface area contributed by atoms with Gasteiger partial charge in [0.2, 0.25) is 0 Å². The number of rotatable bonds is 5. The zero-order chi connectivity index (χ0) is 13.0. The van der Waals surface area contributed by atoms with Gasteiger partial charge < -0.3 is 15.5 Å². The smallest absolute Gasteiger partial charge is 0.148 e. The Morgan fingerprint density at radius 1 is 1.50 bits per heavy atom. The molecule has 100 valence electrons. The highest BCUT2D eigenvalue weighted by Gasteiger charge is 2.23. The summed E-state index contributed by atoms with van der Waals surface area (Å²) in [6.07, 6.45) is 3.45. The predicted molar refractivity (Wildman–Crippen MR) is 71.2 cm³/mol. The first-order valence-corrected chi connectivity index (χ1v) is 6.41. The molecule has 1 fully saturated rings. The highest BCUT2D eigenvalue weighted by Crippen LogP contribution is 2.24. The van der Waals surface area contributed by atoms with Crippen LogP contribution in [0.15, 0.2) is 6.33 Å². The van der Waals surface area contributed by atoms with E-state index in [9.17, 15) is 0 Å². The van der Waals surface area contributed by atoms with Crippen LogP contribution in [0.1, 0.15) is 25.8 Å². The Morgan fingerprint density at radius 3 is 2.89 bits per heavy atom. The van der Waals surface area contributed by atoms with E-state index in [2.05, 4.69) is 34.6 Å². The minimum atomic E-state index is 0.332. The van der Waals surface area contributed by atoms with Crippen molar-refractivity contribution in [2.24, 2.45) is 11.8 Å². The number of aromatic nitrogens is 2. The molecule has 2 heterocycles. The van der Waals surface area contributed by atoms with E-state index >= 15 is 0 Å². The average molecular weight is 251 g/mol. The van der Waals surface area contributed by atoms with E-state index in [1.807, 2.05) is 0 Å². The van der Waals surface area contributed by atoms with Crippen LogP contribution < -0.4 is 16.6 Å². The molecule has 0 aromatic carbocycles. The van der Waals surface area contributed by atoms with Crippen molar-refractivity contribution >= 4 is 11.6 Å². The first-order valence-electron chi connectivity index (χ1n) is 6.41. The summed E-state index contributed by atoms with van der Waals surface area (Å²) in [5.41, 5.74) is 3.63. The van der Waals surface area contributed by atoms with Gasteiger partial charge in [0, 0.05) is 24.1 Å². The van der Waals surface area contributed by atoms with Crippen molar-refractivity contribution in [2.45, 2.75) is 32.7 Å². The van der Waals surface area contributed by atoms with E-state index < -0.39 is 0 Å². The van der Waals surface area contributed by atoms with Crippen molar-refractivity contribution in [3.8, 4) is 0 Å². The topological polar surface area (TPSA) is 85.1 Å². The first kappa shape index (κ1) is 13.0. The van der Waals surface area contributed by atoms with E-state index in [-0.39, 0.29) is 0 Å². The lowest BCUT2D eigenvalue weighted by Crippen LogP contribution is -2.27. The summed E-state index contributed by atoms with van der Waals surface area (Å²) >= 11 is 0. The molecule has 6 heteroatoms. The lowest BCUT2D eigenvalue weighted by atomic mass is 10.0. The van der Waals surface area contributed by atoms with Gasteiger partial charge in [-0.3, -0.25) is 0 Å². The van der Waals surface area contributed by atoms with E-state index in [0.717, 1.165) is 37.4 Å². The van der Waals surface area contributed by atoms with Crippen molar-refractivity contribution in [3.63, 3.8) is 0 Å². The van der Waals surface area contributed by atoms with E-state index in [1.165, 1.54) is 6.33 Å². The Labute approximate surface area is 107 Å². The molecule has 0 amide bonds. The summed E-state index contributed by atoms with van der Waals surface area (Å²) in [5, 5.41) is 3.45. The van der Waals surface area contributed by atoms with Gasteiger partial charge in [0.05, 0.1) is 6.61 Å². The molecule has 1 saturated heterocycles. The second-order valence-electron chi connectivity index (χ2n) is 4.60. The van der Waals surface area contributed by atoms with Gasteiger partial charge in [-0.2, -0.15) is 0 Å². The van der Waals surface area contributed by atoms with Crippen molar-refractivity contribution in [3.05, 3.63) is 11.9 Å². The van der Waals surface area contributed by atoms with Crippen LogP contribution in [-0.2, 0) is 11.2 Å². The van der Waals surface area contributed by atoms with Crippen LogP contribution in [0.25, 0.3) is 0 Å². The van der Waals surface area contributed by atoms with Crippen molar-refractivity contribution in [1.82, 2.24) is 9.97 Å². The predicted octanol–water partition coefficient (Wildman–Crippen LogP) is 1.16. The SMILES string of the molecule is CCc1c(NN)ncnc1NC(C)C1CCOC1. The molecule has 2 unspecified atom stereocenters. The largest absolute Gasteiger partial charge is 0.381 e. The molecule has 1 aromatic heterocycles. The zero-order valence-corrected chi connectivity index (χ0v) is 10.9. The number of hydrogen-bond acceptors (Lipinski definition) is 6. The van der Waals surface area contributed by atoms with Gasteiger partial charge in [0.1, 0.15) is 18.0 Å². The summed E-state index contributed by atoms with van der Waals surface area (Å²) in [7, 11) is 0. The minimum Gasteiger partial charge on any atom is -0.381 e. The second kappa shape index (κ2) is 5.97. The summed E-state index contributed by atoms with van der Waals surface area (Å²) in [6.45, 7) is 5.91. The highest BCUT2D eigenvalue weighted by atomic mass is 16.5. The fourth-order valence-corrected chi connectivity index (χ4v) is 2.28. The van der Waals surface area contributed by atoms with E-state index in [0.29, 0.717) is 17.8 Å². The van der Waals surface area contributed by atoms with Gasteiger partial charge in [0.25, 0.3) is 0 Å². The summed E-state index contributed by atoms with van der Waals surface area (Å²) in [5.74, 6) is 7.55. The maximum atomic E-state index is 5.46. The molecule has 0 spiro atoms. The van der Waals surface area contributed by atoms with Crippen molar-refractivity contribution in [2.75, 3.05) is 24.0 Å². The van der Waals surface area contributed by atoms with Gasteiger partial charge in [-0.05, 0) is 19.8 Å². The van der Waals surface area contributed by atoms with Crippen molar-refractivity contribution in [1.29, 1.82) is 0 Å². The third-order valence-electron chi connectivity index (χ3n) is 3.47. The molecule has 0 saturated carbocycles. The Balaban J connectivity index is 2.12. The van der Waals surface area contributed by atoms with Gasteiger partial charge in [-0.15, -0.1) is 0 Å². The quantitative estimate of drug-likeness (QED) is 0.538. The maximum absolute atomic E-state index is 5.46. The summed E-state index contributed by atoms with van der Waals surface area (Å²) < 4.78 is 5.41. The van der Waals surface area contributed by atoms with Crippen LogP contribution in [0.2, 0.25) is 0 Å². The van der Waals surface area contributed by atoms with Crippen LogP contribution in [-0.4, -0.2) is 29.2 Å². The standard InChI is InChI=1S/C12H21N5O/c1-3-10-11(14-7-15-12(10)17-13)16-8(2)9-4-5-18-6-9/h7-9H,3-6,13H2,1-2H3,(H2,14,15,16,17). The molecule has 1 aromatic rings. The zero-order valence-electron chi connectivity index (χ0n) is 10.9. The monoisotopic (exact) mass is 251 g/mol. The Morgan fingerprint density at radius 2 is 2.28 bits per heavy atom. The number of nitrogen functional groups attached to an aromatic ring is 1. The fourth-order valence-electron chi connectivity index (χ4n) is 2.28. The number of nitrogens with one attached hydrogen (secondary N) is 2. The minimum absolute atomic E-state index is 0.332. The average Bonchev–Trinajstić information content (AvgIpc) is 2.92. The van der Waals surface area contributed by atoms with Gasteiger partial charge in [-0.25, -0.2) is 15.8 Å². The molecule has 2 atom stereocenters. The molecule has 1 aliphatic rings. The third-order valence-corrected chi connectivity index (χ3v) is 3.47. The van der Waals surface area contributed by atoms with Crippen LogP contribution in [0, 0.1) is 5.92 Å². The highest BCUT2D eigenvalue weighted by molar-refractivity contribution is 5.57. The maximum Gasteiger partial charge on any atom is 0.148 e. The summed E-state index contributed by atoms with van der Waals surface area (Å²) in [4.78, 5) is 8.43. The van der Waals surface area contributed by atoms with Crippen molar-refractivity contribution < 1.29 is 4.74 Å².